The molecule has 1 aromatic rings. The number of hydrogen-bond acceptors (Lipinski definition) is 1. The van der Waals surface area contributed by atoms with Crippen molar-refractivity contribution < 1.29 is 4.79 Å². The second-order valence-electron chi connectivity index (χ2n) is 3.08. The molecule has 1 unspecified atom stereocenters. The fraction of sp³-hybridized carbons (Fsp3) is 0.364. The van der Waals surface area contributed by atoms with Crippen molar-refractivity contribution in [2.45, 2.75) is 25.7 Å². The molecule has 70 valence electrons. The standard InChI is InChI=1S/C11H13ClO/c1-2-9(8-11(12)13)10-6-4-3-5-7-10/h3-7,9H,2,8H2,1H3. The molecule has 1 nitrogen and oxygen atoms in total. The van der Waals surface area contributed by atoms with Gasteiger partial charge >= 0.3 is 0 Å². The first-order chi connectivity index (χ1) is 6.24. The van der Waals surface area contributed by atoms with E-state index >= 15 is 0 Å². The fourth-order valence-electron chi connectivity index (χ4n) is 1.42. The predicted molar refractivity (Wildman–Crippen MR) is 55.0 cm³/mol. The molecule has 0 amide bonds. The predicted octanol–water partition coefficient (Wildman–Crippen LogP) is 3.34. The van der Waals surface area contributed by atoms with Crippen molar-refractivity contribution in [2.24, 2.45) is 0 Å². The summed E-state index contributed by atoms with van der Waals surface area (Å²) < 4.78 is 0. The summed E-state index contributed by atoms with van der Waals surface area (Å²) in [6.45, 7) is 2.07. The van der Waals surface area contributed by atoms with Gasteiger partial charge in [-0.05, 0) is 29.5 Å². The minimum atomic E-state index is -0.254. The average molecular weight is 197 g/mol. The highest BCUT2D eigenvalue weighted by molar-refractivity contribution is 6.63. The van der Waals surface area contributed by atoms with Gasteiger partial charge < -0.3 is 0 Å². The summed E-state index contributed by atoms with van der Waals surface area (Å²) in [4.78, 5) is 10.8. The molecule has 0 aliphatic rings. The fourth-order valence-corrected chi connectivity index (χ4v) is 1.60. The summed E-state index contributed by atoms with van der Waals surface area (Å²) in [6, 6.07) is 10.0. The lowest BCUT2D eigenvalue weighted by Crippen LogP contribution is -2.01. The molecule has 0 aliphatic carbocycles. The van der Waals surface area contributed by atoms with E-state index in [2.05, 4.69) is 6.92 Å². The van der Waals surface area contributed by atoms with E-state index in [0.717, 1.165) is 6.42 Å². The van der Waals surface area contributed by atoms with E-state index in [9.17, 15) is 4.79 Å². The lowest BCUT2D eigenvalue weighted by Gasteiger charge is -2.11. The first-order valence-electron chi connectivity index (χ1n) is 4.47. The first-order valence-corrected chi connectivity index (χ1v) is 4.85. The third-order valence-electron chi connectivity index (χ3n) is 2.17. The Hall–Kier alpha value is -0.820. The summed E-state index contributed by atoms with van der Waals surface area (Å²) in [7, 11) is 0. The lowest BCUT2D eigenvalue weighted by atomic mass is 9.94. The topological polar surface area (TPSA) is 17.1 Å². The molecule has 0 radical (unpaired) electrons. The zero-order chi connectivity index (χ0) is 9.68. The third kappa shape index (κ3) is 3.19. The van der Waals surface area contributed by atoms with Gasteiger partial charge in [0.05, 0.1) is 0 Å². The molecule has 0 saturated carbocycles. The molecule has 1 rings (SSSR count). The van der Waals surface area contributed by atoms with E-state index in [-0.39, 0.29) is 11.2 Å². The summed E-state index contributed by atoms with van der Waals surface area (Å²) >= 11 is 5.36. The number of rotatable bonds is 4. The largest absolute Gasteiger partial charge is 0.281 e. The molecule has 0 spiro atoms. The highest BCUT2D eigenvalue weighted by Gasteiger charge is 2.11. The van der Waals surface area contributed by atoms with Crippen LogP contribution >= 0.6 is 11.6 Å². The van der Waals surface area contributed by atoms with E-state index in [4.69, 9.17) is 11.6 Å². The van der Waals surface area contributed by atoms with Crippen molar-refractivity contribution in [3.05, 3.63) is 35.9 Å². The zero-order valence-corrected chi connectivity index (χ0v) is 8.42. The normalized spacial score (nSPS) is 12.5. The van der Waals surface area contributed by atoms with E-state index in [1.807, 2.05) is 30.3 Å². The molecule has 2 heteroatoms. The second kappa shape index (κ2) is 5.03. The summed E-state index contributed by atoms with van der Waals surface area (Å²) in [5.74, 6) is 0.270. The van der Waals surface area contributed by atoms with Crippen molar-refractivity contribution >= 4 is 16.8 Å². The van der Waals surface area contributed by atoms with E-state index < -0.39 is 0 Å². The van der Waals surface area contributed by atoms with Crippen molar-refractivity contribution in [2.75, 3.05) is 0 Å². The number of hydrogen-bond donors (Lipinski definition) is 0. The van der Waals surface area contributed by atoms with Gasteiger partial charge in [-0.15, -0.1) is 0 Å². The van der Waals surface area contributed by atoms with Crippen LogP contribution in [0.4, 0.5) is 0 Å². The van der Waals surface area contributed by atoms with Gasteiger partial charge in [-0.2, -0.15) is 0 Å². The van der Waals surface area contributed by atoms with Crippen LogP contribution in [-0.2, 0) is 4.79 Å². The van der Waals surface area contributed by atoms with Gasteiger partial charge in [0.25, 0.3) is 0 Å². The van der Waals surface area contributed by atoms with Gasteiger partial charge in [0.1, 0.15) is 0 Å². The molecule has 0 aromatic heterocycles. The maximum atomic E-state index is 10.8. The van der Waals surface area contributed by atoms with Crippen LogP contribution in [0, 0.1) is 0 Å². The molecule has 0 heterocycles. The molecular formula is C11H13ClO. The maximum absolute atomic E-state index is 10.8. The minimum Gasteiger partial charge on any atom is -0.281 e. The van der Waals surface area contributed by atoms with Crippen LogP contribution in [0.25, 0.3) is 0 Å². The van der Waals surface area contributed by atoms with Gasteiger partial charge in [-0.25, -0.2) is 0 Å². The van der Waals surface area contributed by atoms with Crippen LogP contribution < -0.4 is 0 Å². The van der Waals surface area contributed by atoms with Gasteiger partial charge in [0.15, 0.2) is 0 Å². The molecule has 1 aromatic carbocycles. The molecule has 0 saturated heterocycles. The highest BCUT2D eigenvalue weighted by atomic mass is 35.5. The quantitative estimate of drug-likeness (QED) is 0.676. The van der Waals surface area contributed by atoms with Crippen molar-refractivity contribution in [3.8, 4) is 0 Å². The zero-order valence-electron chi connectivity index (χ0n) is 7.66. The first kappa shape index (κ1) is 10.3. The molecule has 0 aliphatic heterocycles. The van der Waals surface area contributed by atoms with Crippen LogP contribution in [0.1, 0.15) is 31.2 Å². The van der Waals surface area contributed by atoms with E-state index in [1.165, 1.54) is 5.56 Å². The Morgan fingerprint density at radius 3 is 2.46 bits per heavy atom. The Morgan fingerprint density at radius 2 is 2.00 bits per heavy atom. The van der Waals surface area contributed by atoms with Crippen LogP contribution in [-0.4, -0.2) is 5.24 Å². The van der Waals surface area contributed by atoms with Crippen LogP contribution in [0.3, 0.4) is 0 Å². The third-order valence-corrected chi connectivity index (χ3v) is 2.32. The Morgan fingerprint density at radius 1 is 1.38 bits per heavy atom. The highest BCUT2D eigenvalue weighted by Crippen LogP contribution is 2.23. The van der Waals surface area contributed by atoms with Crippen molar-refractivity contribution in [1.82, 2.24) is 0 Å². The van der Waals surface area contributed by atoms with Gasteiger partial charge in [-0.1, -0.05) is 37.3 Å². The Balaban J connectivity index is 2.73. The smallest absolute Gasteiger partial charge is 0.222 e. The Bertz CT molecular complexity index is 269. The monoisotopic (exact) mass is 196 g/mol. The lowest BCUT2D eigenvalue weighted by molar-refractivity contribution is -0.112. The average Bonchev–Trinajstić information content (AvgIpc) is 2.15. The molecule has 0 bridgehead atoms. The molecule has 13 heavy (non-hydrogen) atoms. The number of benzene rings is 1. The van der Waals surface area contributed by atoms with Crippen molar-refractivity contribution in [1.29, 1.82) is 0 Å². The Kier molecular flexibility index (Phi) is 3.97. The minimum absolute atomic E-state index is 0.254. The maximum Gasteiger partial charge on any atom is 0.222 e. The summed E-state index contributed by atoms with van der Waals surface area (Å²) in [5, 5.41) is -0.254. The van der Waals surface area contributed by atoms with Crippen LogP contribution in [0.2, 0.25) is 0 Å². The number of carbonyl (C=O) groups excluding carboxylic acids is 1. The second-order valence-corrected chi connectivity index (χ2v) is 3.50. The van der Waals surface area contributed by atoms with Gasteiger partial charge in [-0.3, -0.25) is 4.79 Å². The van der Waals surface area contributed by atoms with E-state index in [1.54, 1.807) is 0 Å². The molecule has 0 N–H and O–H groups in total. The number of halogens is 1. The van der Waals surface area contributed by atoms with Crippen molar-refractivity contribution in [3.63, 3.8) is 0 Å². The number of carbonyl (C=O) groups is 1. The molecule has 0 fully saturated rings. The van der Waals surface area contributed by atoms with Gasteiger partial charge in [0.2, 0.25) is 5.24 Å². The van der Waals surface area contributed by atoms with Crippen LogP contribution in [0.15, 0.2) is 30.3 Å². The summed E-state index contributed by atoms with van der Waals surface area (Å²) in [6.07, 6.45) is 1.38. The Labute approximate surface area is 83.7 Å². The summed E-state index contributed by atoms with van der Waals surface area (Å²) in [5.41, 5.74) is 1.19. The molecular weight excluding hydrogens is 184 g/mol. The molecule has 1 atom stereocenters. The van der Waals surface area contributed by atoms with Crippen LogP contribution in [0.5, 0.6) is 0 Å². The van der Waals surface area contributed by atoms with Gasteiger partial charge in [0, 0.05) is 6.42 Å². The van der Waals surface area contributed by atoms with E-state index in [0.29, 0.717) is 6.42 Å². The SMILES string of the molecule is CCC(CC(=O)Cl)c1ccccc1.